The second-order valence-electron chi connectivity index (χ2n) is 7.22. The molecular weight excluding hydrogens is 350 g/mol. The summed E-state index contributed by atoms with van der Waals surface area (Å²) in [5.74, 6) is 0. The summed E-state index contributed by atoms with van der Waals surface area (Å²) >= 11 is 0. The standard InChI is InChI=1S/C23H31NO2Si/c1-20(21-7-4-3-5-8-21)22-9-11-23(12-10-22)27(19-25-2)18-6-13-24-14-16-26-17-15-24/h3-5,7-12,27H,1,6,13-19H2,2H3. The van der Waals surface area contributed by atoms with Gasteiger partial charge in [-0.2, -0.15) is 0 Å². The second kappa shape index (κ2) is 10.6. The molecule has 0 saturated carbocycles. The molecule has 2 aromatic carbocycles. The lowest BCUT2D eigenvalue weighted by molar-refractivity contribution is 0.0379. The molecule has 0 bridgehead atoms. The van der Waals surface area contributed by atoms with Crippen LogP contribution in [0.4, 0.5) is 0 Å². The molecule has 3 rings (SSSR count). The number of nitrogens with zero attached hydrogens (tertiary/aromatic N) is 1. The lowest BCUT2D eigenvalue weighted by atomic mass is 10.00. The van der Waals surface area contributed by atoms with E-state index in [4.69, 9.17) is 9.47 Å². The number of rotatable bonds is 9. The molecule has 0 radical (unpaired) electrons. The van der Waals surface area contributed by atoms with Crippen molar-refractivity contribution in [2.75, 3.05) is 46.2 Å². The topological polar surface area (TPSA) is 21.7 Å². The molecule has 0 amide bonds. The van der Waals surface area contributed by atoms with Gasteiger partial charge < -0.3 is 9.47 Å². The van der Waals surface area contributed by atoms with Gasteiger partial charge in [-0.05, 0) is 29.7 Å². The third-order valence-electron chi connectivity index (χ3n) is 5.35. The van der Waals surface area contributed by atoms with Gasteiger partial charge in [0.1, 0.15) is 8.80 Å². The minimum Gasteiger partial charge on any atom is -0.388 e. The normalized spacial score (nSPS) is 16.2. The molecule has 3 nitrogen and oxygen atoms in total. The van der Waals surface area contributed by atoms with Crippen molar-refractivity contribution in [1.29, 1.82) is 0 Å². The summed E-state index contributed by atoms with van der Waals surface area (Å²) in [5, 5.41) is 1.49. The quantitative estimate of drug-likeness (QED) is 0.623. The van der Waals surface area contributed by atoms with Gasteiger partial charge in [0, 0.05) is 26.4 Å². The monoisotopic (exact) mass is 381 g/mol. The first kappa shape index (κ1) is 20.0. The van der Waals surface area contributed by atoms with Gasteiger partial charge in [0.05, 0.1) is 13.2 Å². The highest BCUT2D eigenvalue weighted by Crippen LogP contribution is 2.20. The Balaban J connectivity index is 1.59. The first-order valence-electron chi connectivity index (χ1n) is 9.91. The molecule has 1 heterocycles. The summed E-state index contributed by atoms with van der Waals surface area (Å²) in [5.41, 5.74) is 3.46. The van der Waals surface area contributed by atoms with Crippen LogP contribution < -0.4 is 5.19 Å². The van der Waals surface area contributed by atoms with Crippen LogP contribution in [0.15, 0.2) is 61.2 Å². The van der Waals surface area contributed by atoms with E-state index in [-0.39, 0.29) is 0 Å². The molecule has 27 heavy (non-hydrogen) atoms. The first-order valence-corrected chi connectivity index (χ1v) is 12.1. The van der Waals surface area contributed by atoms with Crippen molar-refractivity contribution in [1.82, 2.24) is 4.90 Å². The van der Waals surface area contributed by atoms with Crippen LogP contribution in [-0.2, 0) is 9.47 Å². The van der Waals surface area contributed by atoms with Gasteiger partial charge in [-0.15, -0.1) is 0 Å². The van der Waals surface area contributed by atoms with Crippen LogP contribution in [0.3, 0.4) is 0 Å². The van der Waals surface area contributed by atoms with E-state index in [9.17, 15) is 0 Å². The Kier molecular flexibility index (Phi) is 7.84. The summed E-state index contributed by atoms with van der Waals surface area (Å²) < 4.78 is 11.0. The number of hydrogen-bond acceptors (Lipinski definition) is 3. The van der Waals surface area contributed by atoms with E-state index >= 15 is 0 Å². The fraction of sp³-hybridized carbons (Fsp3) is 0.391. The predicted molar refractivity (Wildman–Crippen MR) is 116 cm³/mol. The summed E-state index contributed by atoms with van der Waals surface area (Å²) in [6.45, 7) is 9.37. The van der Waals surface area contributed by atoms with Crippen LogP contribution in [-0.4, -0.2) is 59.9 Å². The van der Waals surface area contributed by atoms with E-state index < -0.39 is 8.80 Å². The maximum atomic E-state index is 5.56. The Labute approximate surface area is 165 Å². The smallest absolute Gasteiger partial charge is 0.100 e. The molecule has 0 aromatic heterocycles. The molecule has 1 fully saturated rings. The van der Waals surface area contributed by atoms with Gasteiger partial charge in [-0.1, -0.05) is 72.4 Å². The van der Waals surface area contributed by atoms with Crippen molar-refractivity contribution < 1.29 is 9.47 Å². The van der Waals surface area contributed by atoms with Crippen molar-refractivity contribution in [3.05, 3.63) is 72.3 Å². The lowest BCUT2D eigenvalue weighted by Crippen LogP contribution is -2.39. The van der Waals surface area contributed by atoms with Crippen molar-refractivity contribution in [3.63, 3.8) is 0 Å². The summed E-state index contributed by atoms with van der Waals surface area (Å²) in [4.78, 5) is 2.52. The largest absolute Gasteiger partial charge is 0.388 e. The molecule has 0 spiro atoms. The summed E-state index contributed by atoms with van der Waals surface area (Å²) in [6.07, 6.45) is 2.15. The number of hydrogen-bond donors (Lipinski definition) is 0. The molecule has 1 aliphatic heterocycles. The van der Waals surface area contributed by atoms with Gasteiger partial charge >= 0.3 is 0 Å². The van der Waals surface area contributed by atoms with E-state index in [0.717, 1.165) is 38.1 Å². The molecule has 1 aliphatic rings. The Morgan fingerprint density at radius 2 is 1.70 bits per heavy atom. The van der Waals surface area contributed by atoms with Crippen LogP contribution >= 0.6 is 0 Å². The summed E-state index contributed by atoms with van der Waals surface area (Å²) in [6, 6.07) is 20.7. The Morgan fingerprint density at radius 3 is 2.37 bits per heavy atom. The van der Waals surface area contributed by atoms with Crippen molar-refractivity contribution >= 4 is 19.6 Å². The molecule has 0 aliphatic carbocycles. The van der Waals surface area contributed by atoms with Crippen LogP contribution in [0, 0.1) is 0 Å². The molecule has 144 valence electrons. The fourth-order valence-corrected chi connectivity index (χ4v) is 6.20. The molecule has 0 N–H and O–H groups in total. The molecule has 1 unspecified atom stereocenters. The van der Waals surface area contributed by atoms with Crippen molar-refractivity contribution in [2.24, 2.45) is 0 Å². The highest BCUT2D eigenvalue weighted by molar-refractivity contribution is 6.73. The van der Waals surface area contributed by atoms with E-state index in [0.29, 0.717) is 0 Å². The zero-order valence-corrected chi connectivity index (χ0v) is 17.6. The summed E-state index contributed by atoms with van der Waals surface area (Å²) in [7, 11) is 0.727. The second-order valence-corrected chi connectivity index (χ2v) is 10.2. The highest BCUT2D eigenvalue weighted by Gasteiger charge is 2.16. The Morgan fingerprint density at radius 1 is 1.04 bits per heavy atom. The van der Waals surface area contributed by atoms with Gasteiger partial charge in [0.2, 0.25) is 0 Å². The molecule has 4 heteroatoms. The number of methoxy groups -OCH3 is 1. The van der Waals surface area contributed by atoms with Gasteiger partial charge in [-0.3, -0.25) is 4.90 Å². The third-order valence-corrected chi connectivity index (χ3v) is 8.52. The molecular formula is C23H31NO2Si. The predicted octanol–water partition coefficient (Wildman–Crippen LogP) is 3.09. The van der Waals surface area contributed by atoms with E-state index in [2.05, 4.69) is 60.0 Å². The highest BCUT2D eigenvalue weighted by atomic mass is 28.3. The lowest BCUT2D eigenvalue weighted by Gasteiger charge is -2.27. The Hall–Kier alpha value is -1.72. The van der Waals surface area contributed by atoms with Crippen LogP contribution in [0.5, 0.6) is 0 Å². The van der Waals surface area contributed by atoms with Crippen molar-refractivity contribution in [3.8, 4) is 0 Å². The third kappa shape index (κ3) is 5.88. The minimum atomic E-state index is -1.10. The Bertz CT molecular complexity index is 696. The molecule has 1 saturated heterocycles. The van der Waals surface area contributed by atoms with Crippen LogP contribution in [0.1, 0.15) is 17.5 Å². The minimum absolute atomic E-state index is 0.881. The maximum absolute atomic E-state index is 5.56. The molecule has 1 atom stereocenters. The fourth-order valence-electron chi connectivity index (χ4n) is 3.70. The zero-order valence-electron chi connectivity index (χ0n) is 16.4. The maximum Gasteiger partial charge on any atom is 0.100 e. The zero-order chi connectivity index (χ0) is 18.9. The number of ether oxygens (including phenoxy) is 2. The average molecular weight is 382 g/mol. The van der Waals surface area contributed by atoms with Gasteiger partial charge in [0.25, 0.3) is 0 Å². The van der Waals surface area contributed by atoms with Gasteiger partial charge in [0.15, 0.2) is 0 Å². The number of morpholine rings is 1. The average Bonchev–Trinajstić information content (AvgIpc) is 2.74. The first-order chi connectivity index (χ1) is 13.3. The van der Waals surface area contributed by atoms with Crippen LogP contribution in [0.2, 0.25) is 6.04 Å². The van der Waals surface area contributed by atoms with E-state index in [1.54, 1.807) is 0 Å². The van der Waals surface area contributed by atoms with Gasteiger partial charge in [-0.25, -0.2) is 0 Å². The van der Waals surface area contributed by atoms with E-state index in [1.807, 2.05) is 13.2 Å². The van der Waals surface area contributed by atoms with Crippen molar-refractivity contribution in [2.45, 2.75) is 12.5 Å². The number of benzene rings is 2. The molecule has 2 aromatic rings. The SMILES string of the molecule is C=C(c1ccccc1)c1ccc([SiH](CCCN2CCOCC2)COC)cc1. The van der Waals surface area contributed by atoms with E-state index in [1.165, 1.54) is 35.3 Å². The van der Waals surface area contributed by atoms with Crippen LogP contribution in [0.25, 0.3) is 5.57 Å².